The smallest absolute Gasteiger partial charge is 0.462 e. The Labute approximate surface area is 284 Å². The first-order chi connectivity index (χ1) is 23.8. The van der Waals surface area contributed by atoms with Crippen LogP contribution < -0.4 is 15.6 Å². The molecule has 50 heavy (non-hydrogen) atoms. The summed E-state index contributed by atoms with van der Waals surface area (Å²) in [7, 11) is 0.506. The number of nitrogens with one attached hydrogen (secondary N) is 2. The monoisotopic (exact) mass is 705 g/mol. The number of halogens is 1. The quantitative estimate of drug-likeness (QED) is 0.104. The number of hydrogen-bond acceptors (Lipinski definition) is 10. The molecule has 17 heteroatoms. The number of benzene rings is 1. The van der Waals surface area contributed by atoms with Crippen LogP contribution in [-0.2, 0) is 20.9 Å². The molecule has 2 fully saturated rings. The molecular formula is C33H35FN8O7P+. The van der Waals surface area contributed by atoms with E-state index in [9.17, 15) is 29.2 Å². The molecule has 5 aromatic rings. The molecule has 3 atom stereocenters. The summed E-state index contributed by atoms with van der Waals surface area (Å²) in [4.78, 5) is 60.0. The lowest BCUT2D eigenvalue weighted by molar-refractivity contribution is -0.915. The zero-order chi connectivity index (χ0) is 35.7. The molecule has 0 spiro atoms. The van der Waals surface area contributed by atoms with Crippen molar-refractivity contribution in [3.05, 3.63) is 57.9 Å². The molecule has 0 bridgehead atoms. The molecule has 4 N–H and O–H groups in total. The number of carbonyl (C=O) groups is 1. The van der Waals surface area contributed by atoms with Crippen LogP contribution in [0.4, 0.5) is 15.8 Å². The number of quaternary nitrogens is 1. The second-order valence-electron chi connectivity index (χ2n) is 13.1. The van der Waals surface area contributed by atoms with Crippen molar-refractivity contribution in [1.29, 1.82) is 5.26 Å². The number of aromatic amines is 1. The van der Waals surface area contributed by atoms with Gasteiger partial charge in [0.15, 0.2) is 6.73 Å². The van der Waals surface area contributed by atoms with E-state index >= 15 is 4.39 Å². The predicted molar refractivity (Wildman–Crippen MR) is 183 cm³/mol. The van der Waals surface area contributed by atoms with Gasteiger partial charge in [0.05, 0.1) is 59.5 Å². The zero-order valence-electron chi connectivity index (χ0n) is 27.7. The second-order valence-corrected chi connectivity index (χ2v) is 14.3. The number of aryl methyl sites for hydroxylation is 1. The van der Waals surface area contributed by atoms with E-state index in [1.54, 1.807) is 44.0 Å². The normalized spacial score (nSPS) is 20.5. The third-order valence-electron chi connectivity index (χ3n) is 9.84. The number of nitriles is 1. The summed E-state index contributed by atoms with van der Waals surface area (Å²) in [6.07, 6.45) is 5.40. The van der Waals surface area contributed by atoms with Crippen molar-refractivity contribution in [2.75, 3.05) is 57.3 Å². The highest BCUT2D eigenvalue weighted by molar-refractivity contribution is 7.46. The van der Waals surface area contributed by atoms with Crippen molar-refractivity contribution < 1.29 is 37.3 Å². The first-order valence-electron chi connectivity index (χ1n) is 16.0. The number of anilines is 2. The highest BCUT2D eigenvalue weighted by Gasteiger charge is 2.50. The van der Waals surface area contributed by atoms with Gasteiger partial charge in [0.1, 0.15) is 35.3 Å². The van der Waals surface area contributed by atoms with Gasteiger partial charge >= 0.3 is 13.8 Å². The Hall–Kier alpha value is -4.91. The average Bonchev–Trinajstić information content (AvgIpc) is 3.75. The van der Waals surface area contributed by atoms with Crippen molar-refractivity contribution in [2.45, 2.75) is 19.4 Å². The van der Waals surface area contributed by atoms with Gasteiger partial charge in [-0.25, -0.2) is 28.2 Å². The minimum Gasteiger partial charge on any atom is -0.462 e. The third-order valence-corrected chi connectivity index (χ3v) is 10.3. The van der Waals surface area contributed by atoms with Gasteiger partial charge in [-0.15, -0.1) is 0 Å². The first-order valence-corrected chi connectivity index (χ1v) is 17.5. The van der Waals surface area contributed by atoms with Crippen LogP contribution in [0.3, 0.4) is 0 Å². The first kappa shape index (κ1) is 33.6. The van der Waals surface area contributed by atoms with Gasteiger partial charge in [0.25, 0.3) is 0 Å². The SMILES string of the molecule is CCOC(=O)c1cn(C)c2ncc(-c3cnc4[nH]c5c(NC)cc(F)c(C#N)c5c4c3N3CC[C@H]4C[N+](C)(COP(=O)(O)O)C[C@H]43)cc2c1=O. The summed E-state index contributed by atoms with van der Waals surface area (Å²) in [6.45, 7) is 3.23. The molecule has 0 saturated carbocycles. The Bertz CT molecular complexity index is 2380. The van der Waals surface area contributed by atoms with Gasteiger partial charge in [0, 0.05) is 67.7 Å². The molecule has 7 rings (SSSR count). The number of phosphoric ester groups is 1. The number of hydrogen-bond donors (Lipinski definition) is 4. The molecule has 6 heterocycles. The summed E-state index contributed by atoms with van der Waals surface area (Å²) in [5, 5.41) is 14.2. The minimum absolute atomic E-state index is 0.0969. The molecule has 0 radical (unpaired) electrons. The van der Waals surface area contributed by atoms with E-state index < -0.39 is 25.0 Å². The van der Waals surface area contributed by atoms with Crippen LogP contribution in [0, 0.1) is 23.1 Å². The van der Waals surface area contributed by atoms with Crippen LogP contribution in [0.5, 0.6) is 0 Å². The Balaban J connectivity index is 1.49. The largest absolute Gasteiger partial charge is 0.474 e. The summed E-state index contributed by atoms with van der Waals surface area (Å²) >= 11 is 0. The third kappa shape index (κ3) is 5.47. The summed E-state index contributed by atoms with van der Waals surface area (Å²) in [6, 6.07) is 4.81. The molecule has 4 aromatic heterocycles. The van der Waals surface area contributed by atoms with Gasteiger partial charge in [-0.1, -0.05) is 0 Å². The van der Waals surface area contributed by atoms with Crippen LogP contribution >= 0.6 is 7.82 Å². The lowest BCUT2D eigenvalue weighted by Crippen LogP contribution is -2.46. The Morgan fingerprint density at radius 1 is 1.26 bits per heavy atom. The molecule has 2 aliphatic heterocycles. The van der Waals surface area contributed by atoms with Gasteiger partial charge < -0.3 is 38.8 Å². The standard InChI is InChI=1S/C33H34FN8O7P/c1-5-48-33(44)22-13-40(3)32-19(30(22)43)8-18(11-38-32)21-12-37-31-27(26-20(10-35)23(34)9-24(36-2)28(26)39-31)29(21)41-7-6-17-14-42(4,15-25(17)41)16-49-50(45,46)47/h8-9,11-13,17,25,36H,5-7,14-16H2,1-4H3,(H2-,37,39,45,46,47)/p+1/t17-,25+,42?/m0/s1. The molecule has 1 unspecified atom stereocenters. The number of phosphoric acid groups is 1. The summed E-state index contributed by atoms with van der Waals surface area (Å²) in [5.74, 6) is -1.33. The van der Waals surface area contributed by atoms with Crippen molar-refractivity contribution in [2.24, 2.45) is 13.0 Å². The number of nitrogens with zero attached hydrogens (tertiary/aromatic N) is 6. The van der Waals surface area contributed by atoms with Gasteiger partial charge in [0.2, 0.25) is 5.43 Å². The summed E-state index contributed by atoms with van der Waals surface area (Å²) in [5.41, 5.74) is 2.54. The number of fused-ring (bicyclic) bond motifs is 5. The molecule has 1 aromatic carbocycles. The number of likely N-dealkylation sites (N-methyl/N-ethyl adjacent to an activating group) is 1. The van der Waals surface area contributed by atoms with Crippen LogP contribution in [0.15, 0.2) is 35.5 Å². The fraction of sp³-hybridized carbons (Fsp3) is 0.364. The number of H-pyrrole nitrogens is 1. The molecule has 2 aliphatic rings. The molecular weight excluding hydrogens is 670 g/mol. The Kier molecular flexibility index (Phi) is 8.16. The number of carbonyl (C=O) groups excluding carboxylic acids is 1. The maximum Gasteiger partial charge on any atom is 0.474 e. The highest BCUT2D eigenvalue weighted by Crippen LogP contribution is 2.48. The van der Waals surface area contributed by atoms with Crippen LogP contribution in [-0.4, -0.2) is 92.9 Å². The van der Waals surface area contributed by atoms with Crippen LogP contribution in [0.25, 0.3) is 44.1 Å². The van der Waals surface area contributed by atoms with Crippen molar-refractivity contribution in [1.82, 2.24) is 19.5 Å². The fourth-order valence-corrected chi connectivity index (χ4v) is 8.16. The van der Waals surface area contributed by atoms with Crippen LogP contribution in [0.1, 0.15) is 29.3 Å². The van der Waals surface area contributed by atoms with Crippen molar-refractivity contribution in [3.8, 4) is 17.2 Å². The molecule has 0 amide bonds. The summed E-state index contributed by atoms with van der Waals surface area (Å²) < 4.78 is 39.1. The fourth-order valence-electron chi connectivity index (χ4n) is 7.73. The number of pyridine rings is 3. The lowest BCUT2D eigenvalue weighted by atomic mass is 9.98. The predicted octanol–water partition coefficient (Wildman–Crippen LogP) is 3.58. The number of rotatable bonds is 8. The zero-order valence-corrected chi connectivity index (χ0v) is 28.6. The molecule has 2 saturated heterocycles. The van der Waals surface area contributed by atoms with E-state index in [4.69, 9.17) is 14.2 Å². The maximum absolute atomic E-state index is 15.5. The van der Waals surface area contributed by atoms with Crippen molar-refractivity contribution >= 4 is 58.1 Å². The minimum atomic E-state index is -4.70. The van der Waals surface area contributed by atoms with E-state index in [0.29, 0.717) is 69.7 Å². The van der Waals surface area contributed by atoms with E-state index in [1.165, 1.54) is 12.3 Å². The number of aromatic nitrogens is 4. The molecule has 15 nitrogen and oxygen atoms in total. The second kappa shape index (κ2) is 12.1. The lowest BCUT2D eigenvalue weighted by Gasteiger charge is -2.33. The number of ether oxygens (including phenoxy) is 1. The van der Waals surface area contributed by atoms with Gasteiger partial charge in [-0.3, -0.25) is 4.79 Å². The van der Waals surface area contributed by atoms with Gasteiger partial charge in [-0.2, -0.15) is 5.26 Å². The van der Waals surface area contributed by atoms with E-state index in [2.05, 4.69) is 20.2 Å². The van der Waals surface area contributed by atoms with E-state index in [0.717, 1.165) is 6.42 Å². The molecule has 260 valence electrons. The van der Waals surface area contributed by atoms with E-state index in [-0.39, 0.29) is 46.3 Å². The number of esters is 1. The Morgan fingerprint density at radius 2 is 2.04 bits per heavy atom. The van der Waals surface area contributed by atoms with E-state index in [1.807, 2.05) is 13.1 Å². The van der Waals surface area contributed by atoms with Crippen LogP contribution in [0.2, 0.25) is 0 Å². The average molecular weight is 706 g/mol. The topological polar surface area (TPSA) is 196 Å². The highest BCUT2D eigenvalue weighted by atomic mass is 31.2. The number of likely N-dealkylation sites (tertiary alicyclic amines) is 1. The van der Waals surface area contributed by atoms with Crippen molar-refractivity contribution in [3.63, 3.8) is 0 Å². The molecule has 0 aliphatic carbocycles. The Morgan fingerprint density at radius 3 is 2.74 bits per heavy atom. The van der Waals surface area contributed by atoms with Gasteiger partial charge in [-0.05, 0) is 19.4 Å². The maximum atomic E-state index is 15.5.